The first kappa shape index (κ1) is 26.9. The van der Waals surface area contributed by atoms with Gasteiger partial charge in [0.15, 0.2) is 0 Å². The van der Waals surface area contributed by atoms with E-state index in [2.05, 4.69) is 10.6 Å². The molecule has 0 bridgehead atoms. The Bertz CT molecular complexity index is 954. The van der Waals surface area contributed by atoms with Gasteiger partial charge in [-0.05, 0) is 51.0 Å². The normalized spacial score (nSPS) is 13.1. The van der Waals surface area contributed by atoms with E-state index in [1.807, 2.05) is 0 Å². The topological polar surface area (TPSA) is 111 Å². The Morgan fingerprint density at radius 1 is 0.735 bits per heavy atom. The van der Waals surface area contributed by atoms with Crippen molar-refractivity contribution in [3.63, 3.8) is 0 Å². The summed E-state index contributed by atoms with van der Waals surface area (Å²) in [6.07, 6.45) is 0.196. The van der Waals surface area contributed by atoms with Crippen LogP contribution < -0.4 is 10.6 Å². The first-order valence-corrected chi connectivity index (χ1v) is 11.5. The molecule has 2 rings (SSSR count). The van der Waals surface area contributed by atoms with E-state index in [0.717, 1.165) is 0 Å². The van der Waals surface area contributed by atoms with E-state index in [4.69, 9.17) is 21.1 Å². The number of ether oxygens (including phenoxy) is 2. The van der Waals surface area contributed by atoms with Crippen molar-refractivity contribution in [3.05, 3.63) is 71.8 Å². The number of carbonyl (C=O) groups is 4. The Balaban J connectivity index is 2.10. The molecule has 182 valence electrons. The average Bonchev–Trinajstić information content (AvgIpc) is 2.85. The number of hydrogen-bond acceptors (Lipinski definition) is 6. The molecule has 0 radical (unpaired) electrons. The lowest BCUT2D eigenvalue weighted by Gasteiger charge is -2.24. The van der Waals surface area contributed by atoms with Crippen molar-refractivity contribution in [2.45, 2.75) is 44.1 Å². The van der Waals surface area contributed by atoms with Gasteiger partial charge >= 0.3 is 11.9 Å². The third kappa shape index (κ3) is 8.19. The van der Waals surface area contributed by atoms with Crippen molar-refractivity contribution >= 4 is 35.4 Å². The van der Waals surface area contributed by atoms with Crippen LogP contribution in [0.3, 0.4) is 0 Å². The highest BCUT2D eigenvalue weighted by molar-refractivity contribution is 6.23. The van der Waals surface area contributed by atoms with Gasteiger partial charge in [-0.15, -0.1) is 11.6 Å². The fourth-order valence-corrected chi connectivity index (χ4v) is 3.45. The van der Waals surface area contributed by atoms with E-state index < -0.39 is 41.2 Å². The molecule has 0 saturated heterocycles. The monoisotopic (exact) mass is 488 g/mol. The molecule has 3 unspecified atom stereocenters. The zero-order valence-corrected chi connectivity index (χ0v) is 19.9. The van der Waals surface area contributed by atoms with Crippen LogP contribution in [0, 0.1) is 0 Å². The third-order valence-corrected chi connectivity index (χ3v) is 5.34. The van der Waals surface area contributed by atoms with E-state index in [0.29, 0.717) is 11.1 Å². The lowest BCUT2D eigenvalue weighted by atomic mass is 10.0. The van der Waals surface area contributed by atoms with Crippen LogP contribution in [0.2, 0.25) is 0 Å². The molecule has 0 aromatic heterocycles. The highest BCUT2D eigenvalue weighted by atomic mass is 35.5. The highest BCUT2D eigenvalue weighted by Gasteiger charge is 2.32. The molecule has 0 aliphatic heterocycles. The third-order valence-electron chi connectivity index (χ3n) is 4.87. The zero-order chi connectivity index (χ0) is 24.9. The maximum atomic E-state index is 12.6. The number of esters is 2. The lowest BCUT2D eigenvalue weighted by molar-refractivity contribution is -0.145. The minimum atomic E-state index is -1.15. The van der Waals surface area contributed by atoms with Gasteiger partial charge in [-0.3, -0.25) is 9.59 Å². The Kier molecular flexibility index (Phi) is 11.1. The summed E-state index contributed by atoms with van der Waals surface area (Å²) in [7, 11) is 0. The smallest absolute Gasteiger partial charge is 0.330 e. The average molecular weight is 489 g/mol. The second-order valence-corrected chi connectivity index (χ2v) is 7.87. The predicted molar refractivity (Wildman–Crippen MR) is 128 cm³/mol. The van der Waals surface area contributed by atoms with Gasteiger partial charge in [0, 0.05) is 11.1 Å². The van der Waals surface area contributed by atoms with Crippen molar-refractivity contribution in [2.24, 2.45) is 0 Å². The lowest BCUT2D eigenvalue weighted by Crippen LogP contribution is -2.48. The number of hydrogen-bond donors (Lipinski definition) is 2. The molecule has 2 amide bonds. The molecule has 0 aliphatic rings. The molecule has 34 heavy (non-hydrogen) atoms. The number of rotatable bonds is 12. The molecule has 9 heteroatoms. The van der Waals surface area contributed by atoms with Crippen LogP contribution in [0.5, 0.6) is 0 Å². The van der Waals surface area contributed by atoms with Crippen molar-refractivity contribution in [2.75, 3.05) is 13.2 Å². The van der Waals surface area contributed by atoms with Gasteiger partial charge in [-0.1, -0.05) is 36.4 Å². The highest BCUT2D eigenvalue weighted by Crippen LogP contribution is 2.16. The summed E-state index contributed by atoms with van der Waals surface area (Å²) in [5.41, 5.74) is 0.749. The van der Waals surface area contributed by atoms with Crippen molar-refractivity contribution in [1.29, 1.82) is 0 Å². The summed E-state index contributed by atoms with van der Waals surface area (Å²) in [6, 6.07) is 14.7. The number of benzene rings is 2. The molecular weight excluding hydrogens is 460 g/mol. The van der Waals surface area contributed by atoms with Crippen molar-refractivity contribution < 1.29 is 28.7 Å². The van der Waals surface area contributed by atoms with Gasteiger partial charge in [0.1, 0.15) is 12.1 Å². The molecule has 0 fully saturated rings. The second-order valence-electron chi connectivity index (χ2n) is 7.31. The summed E-state index contributed by atoms with van der Waals surface area (Å²) < 4.78 is 10.2. The van der Waals surface area contributed by atoms with Crippen LogP contribution >= 0.6 is 11.6 Å². The van der Waals surface area contributed by atoms with Crippen molar-refractivity contribution in [3.8, 4) is 0 Å². The second kappa shape index (κ2) is 14.0. The largest absolute Gasteiger partial charge is 0.464 e. The Labute approximate surface area is 204 Å². The summed E-state index contributed by atoms with van der Waals surface area (Å²) in [5.74, 6) is -2.22. The molecule has 8 nitrogen and oxygen atoms in total. The Morgan fingerprint density at radius 2 is 1.21 bits per heavy atom. The minimum absolute atomic E-state index is 0.0860. The molecule has 0 aliphatic carbocycles. The van der Waals surface area contributed by atoms with E-state index >= 15 is 0 Å². The van der Waals surface area contributed by atoms with Crippen LogP contribution in [0.15, 0.2) is 60.7 Å². The fourth-order valence-electron chi connectivity index (χ4n) is 3.16. The van der Waals surface area contributed by atoms with Gasteiger partial charge in [0.2, 0.25) is 0 Å². The molecule has 3 atom stereocenters. The van der Waals surface area contributed by atoms with Gasteiger partial charge in [0.05, 0.1) is 18.6 Å². The molecule has 0 heterocycles. The van der Waals surface area contributed by atoms with Crippen LogP contribution in [-0.2, 0) is 19.1 Å². The number of nitrogens with one attached hydrogen (secondary N) is 2. The number of alkyl halides is 1. The van der Waals surface area contributed by atoms with Crippen molar-refractivity contribution in [1.82, 2.24) is 10.6 Å². The van der Waals surface area contributed by atoms with Crippen LogP contribution in [0.25, 0.3) is 0 Å². The van der Waals surface area contributed by atoms with E-state index in [1.165, 1.54) is 0 Å². The van der Waals surface area contributed by atoms with Gasteiger partial charge < -0.3 is 20.1 Å². The summed E-state index contributed by atoms with van der Waals surface area (Å²) in [5, 5.41) is 4.37. The molecule has 2 N–H and O–H groups in total. The Morgan fingerprint density at radius 3 is 1.71 bits per heavy atom. The van der Waals surface area contributed by atoms with Crippen LogP contribution in [-0.4, -0.2) is 54.4 Å². The first-order chi connectivity index (χ1) is 16.4. The van der Waals surface area contributed by atoms with E-state index in [9.17, 15) is 19.2 Å². The maximum absolute atomic E-state index is 12.6. The van der Waals surface area contributed by atoms with Crippen LogP contribution in [0.1, 0.15) is 47.4 Å². The quantitative estimate of drug-likeness (QED) is 0.351. The number of carbonyl (C=O) groups excluding carboxylic acids is 4. The van der Waals surface area contributed by atoms with E-state index in [-0.39, 0.29) is 26.1 Å². The maximum Gasteiger partial charge on any atom is 0.330 e. The SMILES string of the molecule is CCOC(=O)C(CCC(Cl)C(NC(=O)c1ccccc1)C(=O)OCC)NC(=O)c1ccccc1. The van der Waals surface area contributed by atoms with E-state index in [1.54, 1.807) is 74.5 Å². The standard InChI is InChI=1S/C25H29ClN2O6/c1-3-33-24(31)20(27-22(29)17-11-7-5-8-12-17)16-15-19(26)21(25(32)34-4-2)28-23(30)18-13-9-6-10-14-18/h5-14,19-21H,3-4,15-16H2,1-2H3,(H,27,29)(H,28,30). The minimum Gasteiger partial charge on any atom is -0.464 e. The molecular formula is C25H29ClN2O6. The molecule has 2 aromatic carbocycles. The first-order valence-electron chi connectivity index (χ1n) is 11.1. The summed E-state index contributed by atoms with van der Waals surface area (Å²) >= 11 is 6.51. The Hall–Kier alpha value is -3.39. The summed E-state index contributed by atoms with van der Waals surface area (Å²) in [4.78, 5) is 50.1. The number of halogens is 1. The molecule has 0 saturated carbocycles. The molecule has 0 spiro atoms. The van der Waals surface area contributed by atoms with Gasteiger partial charge in [-0.2, -0.15) is 0 Å². The molecule has 2 aromatic rings. The summed E-state index contributed by atoms with van der Waals surface area (Å²) in [6.45, 7) is 3.56. The van der Waals surface area contributed by atoms with Gasteiger partial charge in [0.25, 0.3) is 11.8 Å². The number of amides is 2. The predicted octanol–water partition coefficient (Wildman–Crippen LogP) is 3.10. The zero-order valence-electron chi connectivity index (χ0n) is 19.2. The van der Waals surface area contributed by atoms with Crippen LogP contribution in [0.4, 0.5) is 0 Å². The fraction of sp³-hybridized carbons (Fsp3) is 0.360. The van der Waals surface area contributed by atoms with Gasteiger partial charge in [-0.25, -0.2) is 9.59 Å².